The molecule has 2 aromatic rings. The van der Waals surface area contributed by atoms with Crippen molar-refractivity contribution in [3.05, 3.63) is 53.1 Å². The Kier molecular flexibility index (Phi) is 9.69. The fourth-order valence-corrected chi connectivity index (χ4v) is 5.10. The number of carbonyl (C=O) groups is 1. The smallest absolute Gasteiger partial charge is 0.459 e. The Labute approximate surface area is 220 Å². The molecule has 3 unspecified atom stereocenters. The van der Waals surface area contributed by atoms with Gasteiger partial charge in [-0.1, -0.05) is 18.2 Å². The highest BCUT2D eigenvalue weighted by Gasteiger charge is 2.47. The van der Waals surface area contributed by atoms with Gasteiger partial charge in [-0.05, 0) is 45.9 Å². The maximum Gasteiger partial charge on any atom is 0.459 e. The number of nitrogens with two attached hydrogens (primary N) is 1. The van der Waals surface area contributed by atoms with Crippen molar-refractivity contribution in [1.29, 1.82) is 0 Å². The van der Waals surface area contributed by atoms with Crippen LogP contribution in [0.1, 0.15) is 33.9 Å². The maximum atomic E-state index is 13.7. The molecule has 0 radical (unpaired) electrons. The summed E-state index contributed by atoms with van der Waals surface area (Å²) >= 11 is 0. The van der Waals surface area contributed by atoms with Crippen molar-refractivity contribution in [1.82, 2.24) is 14.6 Å². The number of nitrogens with one attached hydrogen (secondary N) is 1. The standard InChI is InChI=1S/C24H35N4O9P/c1-15(13-34-22(30)24(2,3)4)27-38(32,37-16-9-7-6-8-10-16)35-14-17-19(29)20(33-5)21(36-17)28-12-11-18(25)26-23(28)31/h6-12,15,17,19-21,29H,13-14H2,1-5H3,(H,27,32)(H2,25,26,31)/t15-,17+,19?,20?,21+,38?/m0/s1. The number of aliphatic hydroxyl groups is 1. The van der Waals surface area contributed by atoms with E-state index in [1.165, 1.54) is 19.4 Å². The van der Waals surface area contributed by atoms with Crippen molar-refractivity contribution in [2.24, 2.45) is 5.41 Å². The third-order valence-corrected chi connectivity index (χ3v) is 7.24. The molecule has 0 bridgehead atoms. The molecule has 1 aliphatic heterocycles. The van der Waals surface area contributed by atoms with Gasteiger partial charge in [0, 0.05) is 19.3 Å². The number of nitrogen functional groups attached to an aromatic ring is 1. The van der Waals surface area contributed by atoms with Crippen molar-refractivity contribution in [3.8, 4) is 5.75 Å². The molecule has 1 fully saturated rings. The quantitative estimate of drug-likeness (QED) is 0.272. The van der Waals surface area contributed by atoms with Crippen molar-refractivity contribution in [2.75, 3.05) is 26.1 Å². The average molecular weight is 555 g/mol. The van der Waals surface area contributed by atoms with E-state index >= 15 is 0 Å². The number of aromatic nitrogens is 2. The molecule has 3 rings (SSSR count). The first-order valence-electron chi connectivity index (χ1n) is 12.0. The van der Waals surface area contributed by atoms with Crippen molar-refractivity contribution in [2.45, 2.75) is 58.3 Å². The molecule has 0 saturated carbocycles. The Balaban J connectivity index is 1.74. The van der Waals surface area contributed by atoms with Gasteiger partial charge in [0.1, 0.15) is 36.5 Å². The number of hydrogen-bond donors (Lipinski definition) is 3. The monoisotopic (exact) mass is 554 g/mol. The molecular formula is C24H35N4O9P. The lowest BCUT2D eigenvalue weighted by Gasteiger charge is -2.26. The fourth-order valence-electron chi connectivity index (χ4n) is 3.56. The number of rotatable bonds is 11. The molecule has 0 spiro atoms. The summed E-state index contributed by atoms with van der Waals surface area (Å²) in [5.41, 5.74) is 4.17. The second kappa shape index (κ2) is 12.4. The minimum absolute atomic E-state index is 0.0334. The highest BCUT2D eigenvalue weighted by molar-refractivity contribution is 7.52. The molecule has 4 N–H and O–H groups in total. The van der Waals surface area contributed by atoms with Crippen LogP contribution in [0.3, 0.4) is 0 Å². The Morgan fingerprint density at radius 1 is 1.29 bits per heavy atom. The number of esters is 1. The van der Waals surface area contributed by atoms with E-state index in [-0.39, 0.29) is 24.8 Å². The third kappa shape index (κ3) is 7.62. The molecule has 14 heteroatoms. The van der Waals surface area contributed by atoms with E-state index in [4.69, 9.17) is 29.0 Å². The lowest BCUT2D eigenvalue weighted by Crippen LogP contribution is -2.38. The van der Waals surface area contributed by atoms with Gasteiger partial charge >= 0.3 is 19.4 Å². The lowest BCUT2D eigenvalue weighted by molar-refractivity contribution is -0.153. The molecule has 13 nitrogen and oxygen atoms in total. The highest BCUT2D eigenvalue weighted by Crippen LogP contribution is 2.46. The molecule has 1 aromatic heterocycles. The second-order valence-corrected chi connectivity index (χ2v) is 11.6. The predicted molar refractivity (Wildman–Crippen MR) is 137 cm³/mol. The molecule has 0 aliphatic carbocycles. The van der Waals surface area contributed by atoms with E-state index in [9.17, 15) is 19.3 Å². The molecule has 38 heavy (non-hydrogen) atoms. The van der Waals surface area contributed by atoms with Crippen LogP contribution in [-0.2, 0) is 28.1 Å². The number of para-hydroxylation sites is 1. The van der Waals surface area contributed by atoms with Crippen molar-refractivity contribution >= 4 is 19.5 Å². The van der Waals surface area contributed by atoms with Gasteiger partial charge in [-0.25, -0.2) is 14.4 Å². The molecule has 0 amide bonds. The molecule has 6 atom stereocenters. The van der Waals surface area contributed by atoms with E-state index in [1.54, 1.807) is 58.0 Å². The summed E-state index contributed by atoms with van der Waals surface area (Å²) in [6, 6.07) is 9.15. The number of carbonyl (C=O) groups excluding carboxylic acids is 1. The number of ether oxygens (including phenoxy) is 3. The number of hydrogen-bond acceptors (Lipinski definition) is 11. The molecule has 1 aliphatic rings. The van der Waals surface area contributed by atoms with Gasteiger partial charge in [0.25, 0.3) is 0 Å². The van der Waals surface area contributed by atoms with E-state index in [2.05, 4.69) is 10.1 Å². The number of anilines is 1. The van der Waals surface area contributed by atoms with Crippen LogP contribution in [0.15, 0.2) is 47.4 Å². The van der Waals surface area contributed by atoms with Crippen LogP contribution in [0.5, 0.6) is 5.75 Å². The summed E-state index contributed by atoms with van der Waals surface area (Å²) in [6.07, 6.45) is -2.90. The Hall–Kier alpha value is -2.80. The van der Waals surface area contributed by atoms with Crippen molar-refractivity contribution < 1.29 is 37.7 Å². The minimum atomic E-state index is -4.08. The first kappa shape index (κ1) is 29.8. The molecule has 2 heterocycles. The topological polar surface area (TPSA) is 173 Å². The van der Waals surface area contributed by atoms with Crippen LogP contribution >= 0.6 is 7.75 Å². The normalized spacial score (nSPS) is 23.9. The van der Waals surface area contributed by atoms with E-state index in [0.717, 1.165) is 4.57 Å². The van der Waals surface area contributed by atoms with Crippen LogP contribution < -0.4 is 21.0 Å². The van der Waals surface area contributed by atoms with Crippen LogP contribution in [0.25, 0.3) is 0 Å². The van der Waals surface area contributed by atoms with Gasteiger partial charge in [-0.15, -0.1) is 0 Å². The SMILES string of the molecule is COC1C(O)[C@@H](COP(=O)(N[C@@H](C)COC(=O)C(C)(C)C)Oc2ccccc2)O[C@H]1n1ccc(N)nc1=O. The number of methoxy groups -OCH3 is 1. The Bertz CT molecular complexity index is 1190. The van der Waals surface area contributed by atoms with Crippen LogP contribution in [0.4, 0.5) is 5.82 Å². The van der Waals surface area contributed by atoms with E-state index in [1.807, 2.05) is 0 Å². The van der Waals surface area contributed by atoms with Gasteiger partial charge in [0.05, 0.1) is 12.0 Å². The van der Waals surface area contributed by atoms with Crippen molar-refractivity contribution in [3.63, 3.8) is 0 Å². The van der Waals surface area contributed by atoms with Gasteiger partial charge in [0.2, 0.25) is 0 Å². The zero-order valence-corrected chi connectivity index (χ0v) is 22.9. The summed E-state index contributed by atoms with van der Waals surface area (Å²) in [6.45, 7) is 6.34. The fraction of sp³-hybridized carbons (Fsp3) is 0.542. The average Bonchev–Trinajstić information content (AvgIpc) is 3.16. The predicted octanol–water partition coefficient (Wildman–Crippen LogP) is 1.87. The van der Waals surface area contributed by atoms with Gasteiger partial charge < -0.3 is 29.6 Å². The summed E-state index contributed by atoms with van der Waals surface area (Å²) in [5.74, 6) is -0.120. The summed E-state index contributed by atoms with van der Waals surface area (Å²) in [5, 5.41) is 13.6. The zero-order valence-electron chi connectivity index (χ0n) is 22.0. The number of nitrogens with zero attached hydrogens (tertiary/aromatic N) is 2. The summed E-state index contributed by atoms with van der Waals surface area (Å²) in [4.78, 5) is 28.1. The van der Waals surface area contributed by atoms with Gasteiger partial charge in [-0.2, -0.15) is 4.98 Å². The summed E-state index contributed by atoms with van der Waals surface area (Å²) < 4.78 is 42.8. The Morgan fingerprint density at radius 3 is 2.58 bits per heavy atom. The van der Waals surface area contributed by atoms with Crippen LogP contribution in [0.2, 0.25) is 0 Å². The number of benzene rings is 1. The number of aliphatic hydroxyl groups excluding tert-OH is 1. The van der Waals surface area contributed by atoms with Gasteiger partial charge in [0.15, 0.2) is 6.23 Å². The highest BCUT2D eigenvalue weighted by atomic mass is 31.2. The van der Waals surface area contributed by atoms with Crippen LogP contribution in [0, 0.1) is 5.41 Å². The molecular weight excluding hydrogens is 519 g/mol. The lowest BCUT2D eigenvalue weighted by atomic mass is 9.97. The molecule has 1 aromatic carbocycles. The molecule has 210 valence electrons. The first-order valence-corrected chi connectivity index (χ1v) is 13.5. The Morgan fingerprint density at radius 2 is 1.97 bits per heavy atom. The first-order chi connectivity index (χ1) is 17.8. The third-order valence-electron chi connectivity index (χ3n) is 5.54. The summed E-state index contributed by atoms with van der Waals surface area (Å²) in [7, 11) is -2.73. The minimum Gasteiger partial charge on any atom is -0.464 e. The largest absolute Gasteiger partial charge is 0.464 e. The second-order valence-electron chi connectivity index (χ2n) is 9.87. The molecule has 1 saturated heterocycles. The van der Waals surface area contributed by atoms with E-state index < -0.39 is 55.4 Å². The van der Waals surface area contributed by atoms with Gasteiger partial charge in [-0.3, -0.25) is 13.9 Å². The maximum absolute atomic E-state index is 13.7. The van der Waals surface area contributed by atoms with Crippen LogP contribution in [-0.4, -0.2) is 65.3 Å². The van der Waals surface area contributed by atoms with E-state index in [0.29, 0.717) is 0 Å². The zero-order chi connectivity index (χ0) is 28.1.